The molecule has 0 fully saturated rings. The van der Waals surface area contributed by atoms with Crippen molar-refractivity contribution in [3.8, 4) is 0 Å². The van der Waals surface area contributed by atoms with Crippen molar-refractivity contribution in [1.82, 2.24) is 0 Å². The second-order valence-electron chi connectivity index (χ2n) is 4.80. The molecule has 0 radical (unpaired) electrons. The van der Waals surface area contributed by atoms with Gasteiger partial charge < -0.3 is 0 Å². The molecule has 0 aromatic heterocycles. The number of hydrogen-bond donors (Lipinski definition) is 0. The van der Waals surface area contributed by atoms with Gasteiger partial charge in [-0.15, -0.1) is 0 Å². The van der Waals surface area contributed by atoms with Crippen molar-refractivity contribution in [3.05, 3.63) is 58.7 Å². The number of carbonyl (C=O) groups is 1. The van der Waals surface area contributed by atoms with Crippen molar-refractivity contribution < 1.29 is 4.79 Å². The maximum atomic E-state index is 12.0. The number of benzene rings is 1. The first-order valence-corrected chi connectivity index (χ1v) is 6.10. The summed E-state index contributed by atoms with van der Waals surface area (Å²) in [6.45, 7) is 4.17. The van der Waals surface area contributed by atoms with E-state index in [1.807, 2.05) is 31.2 Å². The highest BCUT2D eigenvalue weighted by Gasteiger charge is 2.10. The maximum Gasteiger partial charge on any atom is 0.166 e. The Morgan fingerprint density at radius 2 is 1.76 bits per heavy atom. The van der Waals surface area contributed by atoms with E-state index in [-0.39, 0.29) is 5.78 Å². The normalized spacial score (nSPS) is 15.2. The van der Waals surface area contributed by atoms with Crippen molar-refractivity contribution in [1.29, 1.82) is 0 Å². The minimum absolute atomic E-state index is 0.226. The Labute approximate surface area is 103 Å². The summed E-state index contributed by atoms with van der Waals surface area (Å²) in [6.07, 6.45) is 6.91. The molecule has 0 amide bonds. The van der Waals surface area contributed by atoms with Gasteiger partial charge in [0.25, 0.3) is 0 Å². The molecule has 2 rings (SSSR count). The third kappa shape index (κ3) is 3.16. The van der Waals surface area contributed by atoms with Crippen LogP contribution < -0.4 is 0 Å². The van der Waals surface area contributed by atoms with Gasteiger partial charge in [-0.05, 0) is 26.7 Å². The largest absolute Gasteiger partial charge is 0.294 e. The summed E-state index contributed by atoms with van der Waals surface area (Å²) < 4.78 is 0. The fourth-order valence-electron chi connectivity index (χ4n) is 1.98. The van der Waals surface area contributed by atoms with Crippen molar-refractivity contribution in [3.63, 3.8) is 0 Å². The predicted molar refractivity (Wildman–Crippen MR) is 71.2 cm³/mol. The van der Waals surface area contributed by atoms with E-state index in [0.717, 1.165) is 18.4 Å². The van der Waals surface area contributed by atoms with E-state index in [0.29, 0.717) is 6.42 Å². The van der Waals surface area contributed by atoms with E-state index in [1.165, 1.54) is 16.7 Å². The number of allylic oxidation sites excluding steroid dienone is 4. The van der Waals surface area contributed by atoms with Crippen LogP contribution in [0.4, 0.5) is 0 Å². The number of aryl methyl sites for hydroxylation is 1. The molecule has 1 aromatic carbocycles. The van der Waals surface area contributed by atoms with Crippen LogP contribution in [0.15, 0.2) is 47.6 Å². The molecular weight excluding hydrogens is 208 g/mol. The molecule has 1 aliphatic carbocycles. The highest BCUT2D eigenvalue weighted by molar-refractivity contribution is 5.97. The van der Waals surface area contributed by atoms with Crippen LogP contribution in [0.1, 0.15) is 42.1 Å². The molecule has 1 heteroatoms. The van der Waals surface area contributed by atoms with Crippen LogP contribution in [-0.4, -0.2) is 5.78 Å². The Morgan fingerprint density at radius 1 is 1.06 bits per heavy atom. The molecule has 0 heterocycles. The summed E-state index contributed by atoms with van der Waals surface area (Å²) >= 11 is 0. The zero-order valence-electron chi connectivity index (χ0n) is 10.5. The van der Waals surface area contributed by atoms with Gasteiger partial charge in [0.15, 0.2) is 5.78 Å². The number of rotatable bonds is 3. The molecule has 0 unspecified atom stereocenters. The number of ketones is 1. The van der Waals surface area contributed by atoms with E-state index in [2.05, 4.69) is 19.1 Å². The van der Waals surface area contributed by atoms with Gasteiger partial charge in [-0.2, -0.15) is 0 Å². The molecule has 0 spiro atoms. The molecule has 17 heavy (non-hydrogen) atoms. The van der Waals surface area contributed by atoms with Crippen LogP contribution in [0.25, 0.3) is 0 Å². The first-order chi connectivity index (χ1) is 8.15. The van der Waals surface area contributed by atoms with Gasteiger partial charge in [-0.25, -0.2) is 0 Å². The summed E-state index contributed by atoms with van der Waals surface area (Å²) in [5, 5.41) is 0. The van der Waals surface area contributed by atoms with Crippen LogP contribution in [0.3, 0.4) is 0 Å². The van der Waals surface area contributed by atoms with Crippen LogP contribution in [0.5, 0.6) is 0 Å². The van der Waals surface area contributed by atoms with Gasteiger partial charge >= 0.3 is 0 Å². The Hall–Kier alpha value is -1.63. The number of Topliss-reactive ketones (excluding diaryl/α,β-unsaturated/α-hetero) is 1. The Bertz CT molecular complexity index is 475. The maximum absolute atomic E-state index is 12.0. The second-order valence-corrected chi connectivity index (χ2v) is 4.80. The lowest BCUT2D eigenvalue weighted by molar-refractivity contribution is 0.0992. The smallest absolute Gasteiger partial charge is 0.166 e. The summed E-state index contributed by atoms with van der Waals surface area (Å²) in [4.78, 5) is 12.0. The Morgan fingerprint density at radius 3 is 2.35 bits per heavy atom. The standard InChI is InChI=1S/C16H18O/c1-12-3-7-14(8-4-12)11-16(17)15-9-5-13(2)6-10-15/h3,5-7,9-10H,4,8,11H2,1-2H3. The minimum Gasteiger partial charge on any atom is -0.294 e. The van der Waals surface area contributed by atoms with Crippen molar-refractivity contribution in [2.75, 3.05) is 0 Å². The lowest BCUT2D eigenvalue weighted by atomic mass is 9.94. The minimum atomic E-state index is 0.226. The first kappa shape index (κ1) is 11.8. The lowest BCUT2D eigenvalue weighted by Crippen LogP contribution is -2.02. The summed E-state index contributed by atoms with van der Waals surface area (Å²) in [7, 11) is 0. The van der Waals surface area contributed by atoms with Gasteiger partial charge in [0.05, 0.1) is 0 Å². The average Bonchev–Trinajstić information content (AvgIpc) is 2.33. The van der Waals surface area contributed by atoms with Gasteiger partial charge in [0.2, 0.25) is 0 Å². The quantitative estimate of drug-likeness (QED) is 0.705. The van der Waals surface area contributed by atoms with Crippen LogP contribution in [0.2, 0.25) is 0 Å². The molecular formula is C16H18O. The molecule has 0 saturated heterocycles. The average molecular weight is 226 g/mol. The lowest BCUT2D eigenvalue weighted by Gasteiger charge is -2.11. The van der Waals surface area contributed by atoms with Crippen molar-refractivity contribution in [2.45, 2.75) is 33.1 Å². The Balaban J connectivity index is 2.05. The van der Waals surface area contributed by atoms with E-state index < -0.39 is 0 Å². The van der Waals surface area contributed by atoms with Crippen LogP contribution >= 0.6 is 0 Å². The van der Waals surface area contributed by atoms with E-state index in [1.54, 1.807) is 0 Å². The third-order valence-corrected chi connectivity index (χ3v) is 3.21. The van der Waals surface area contributed by atoms with Gasteiger partial charge in [0, 0.05) is 12.0 Å². The highest BCUT2D eigenvalue weighted by atomic mass is 16.1. The fourth-order valence-corrected chi connectivity index (χ4v) is 1.98. The van der Waals surface area contributed by atoms with E-state index in [4.69, 9.17) is 0 Å². The van der Waals surface area contributed by atoms with E-state index in [9.17, 15) is 4.79 Å². The van der Waals surface area contributed by atoms with Crippen LogP contribution in [0, 0.1) is 6.92 Å². The van der Waals surface area contributed by atoms with E-state index >= 15 is 0 Å². The molecule has 0 bridgehead atoms. The second kappa shape index (κ2) is 5.13. The third-order valence-electron chi connectivity index (χ3n) is 3.21. The van der Waals surface area contributed by atoms with Crippen molar-refractivity contribution >= 4 is 5.78 Å². The molecule has 1 nitrogen and oxygen atoms in total. The molecule has 1 aliphatic rings. The summed E-state index contributed by atoms with van der Waals surface area (Å²) in [5.41, 5.74) is 4.66. The molecule has 0 saturated carbocycles. The zero-order valence-corrected chi connectivity index (χ0v) is 10.5. The highest BCUT2D eigenvalue weighted by Crippen LogP contribution is 2.21. The number of hydrogen-bond acceptors (Lipinski definition) is 1. The summed E-state index contributed by atoms with van der Waals surface area (Å²) in [6, 6.07) is 7.82. The number of carbonyl (C=O) groups excluding carboxylic acids is 1. The molecule has 1 aromatic rings. The van der Waals surface area contributed by atoms with Crippen molar-refractivity contribution in [2.24, 2.45) is 0 Å². The molecule has 0 N–H and O–H groups in total. The van der Waals surface area contributed by atoms with Gasteiger partial charge in [0.1, 0.15) is 0 Å². The molecule has 0 atom stereocenters. The molecule has 0 aliphatic heterocycles. The topological polar surface area (TPSA) is 17.1 Å². The fraction of sp³-hybridized carbons (Fsp3) is 0.312. The monoisotopic (exact) mass is 226 g/mol. The van der Waals surface area contributed by atoms with Crippen LogP contribution in [-0.2, 0) is 0 Å². The zero-order chi connectivity index (χ0) is 12.3. The molecule has 88 valence electrons. The van der Waals surface area contributed by atoms with Gasteiger partial charge in [-0.1, -0.05) is 53.1 Å². The predicted octanol–water partition coefficient (Wildman–Crippen LogP) is 4.23. The van der Waals surface area contributed by atoms with Gasteiger partial charge in [-0.3, -0.25) is 4.79 Å². The Kier molecular flexibility index (Phi) is 3.58. The summed E-state index contributed by atoms with van der Waals surface area (Å²) in [5.74, 6) is 0.226. The SMILES string of the molecule is CC1=CC=C(CC(=O)c2ccc(C)cc2)CC1. The first-order valence-electron chi connectivity index (χ1n) is 6.10.